The fourth-order valence-electron chi connectivity index (χ4n) is 1.04. The number of carboxylic acid groups (broad SMARTS) is 1. The van der Waals surface area contributed by atoms with E-state index in [0.717, 1.165) is 11.3 Å². The van der Waals surface area contributed by atoms with Gasteiger partial charge in [-0.15, -0.1) is 0 Å². The second-order valence-corrected chi connectivity index (χ2v) is 2.83. The minimum absolute atomic E-state index is 0. The summed E-state index contributed by atoms with van der Waals surface area (Å²) in [7, 11) is 1.58. The minimum atomic E-state index is -0.815. The first kappa shape index (κ1) is 13.5. The molecule has 0 bridgehead atoms. The van der Waals surface area contributed by atoms with Gasteiger partial charge in [-0.1, -0.05) is 12.1 Å². The molecule has 0 aromatic heterocycles. The van der Waals surface area contributed by atoms with Crippen LogP contribution in [-0.2, 0) is 4.79 Å². The van der Waals surface area contributed by atoms with Crippen molar-refractivity contribution in [1.82, 2.24) is 0 Å². The summed E-state index contributed by atoms with van der Waals surface area (Å²) in [5.41, 5.74) is 0.785. The summed E-state index contributed by atoms with van der Waals surface area (Å²) in [6.07, 6.45) is 0. The molecule has 0 spiro atoms. The van der Waals surface area contributed by atoms with Gasteiger partial charge in [-0.2, -0.15) is 0 Å². The van der Waals surface area contributed by atoms with Crippen LogP contribution in [0.1, 0.15) is 19.8 Å². The number of hydrogen-bond donors (Lipinski definition) is 1. The van der Waals surface area contributed by atoms with Crippen LogP contribution in [-0.4, -0.2) is 18.2 Å². The van der Waals surface area contributed by atoms with Crippen molar-refractivity contribution < 1.29 is 45.6 Å². The number of carbonyl (C=O) groups is 1. The average molecular weight is 204 g/mol. The molecule has 0 aliphatic rings. The zero-order valence-corrected chi connectivity index (χ0v) is 10.7. The quantitative estimate of drug-likeness (QED) is 0.642. The van der Waals surface area contributed by atoms with Crippen LogP contribution in [0.4, 0.5) is 0 Å². The number of aliphatic carboxylic acids is 1. The molecule has 1 aromatic rings. The number of benzene rings is 1. The van der Waals surface area contributed by atoms with Gasteiger partial charge in [0.05, 0.1) is 13.0 Å². The summed E-state index contributed by atoms with van der Waals surface area (Å²) in [4.78, 5) is 10.6. The number of methoxy groups -OCH3 is 1. The molecule has 0 aliphatic carbocycles. The van der Waals surface area contributed by atoms with Gasteiger partial charge in [0.2, 0.25) is 0 Å². The molecule has 3 nitrogen and oxygen atoms in total. The molecule has 72 valence electrons. The molecule has 0 heterocycles. The predicted octanol–water partition coefficient (Wildman–Crippen LogP) is -1.00. The summed E-state index contributed by atoms with van der Waals surface area (Å²) in [5, 5.41) is 8.73. The third-order valence-corrected chi connectivity index (χ3v) is 1.99. The van der Waals surface area contributed by atoms with Crippen LogP contribution in [0, 0.1) is 0 Å². The van der Waals surface area contributed by atoms with Crippen LogP contribution in [0.2, 0.25) is 0 Å². The van der Waals surface area contributed by atoms with Gasteiger partial charge in [0.25, 0.3) is 0 Å². The van der Waals surface area contributed by atoms with E-state index in [9.17, 15) is 4.79 Å². The molecule has 1 unspecified atom stereocenters. The summed E-state index contributed by atoms with van der Waals surface area (Å²) in [5.74, 6) is -0.544. The van der Waals surface area contributed by atoms with Gasteiger partial charge in [-0.25, -0.2) is 0 Å². The molecular weight excluding hydrogens is 191 g/mol. The Morgan fingerprint density at radius 2 is 1.93 bits per heavy atom. The van der Waals surface area contributed by atoms with Gasteiger partial charge in [0.15, 0.2) is 0 Å². The zero-order valence-electron chi connectivity index (χ0n) is 9.65. The van der Waals surface area contributed by atoms with Crippen molar-refractivity contribution in [2.45, 2.75) is 12.8 Å². The number of ether oxygens (including phenoxy) is 1. The van der Waals surface area contributed by atoms with Gasteiger partial charge in [-0.3, -0.25) is 4.79 Å². The average Bonchev–Trinajstić information content (AvgIpc) is 2.17. The van der Waals surface area contributed by atoms with Gasteiger partial charge >= 0.3 is 35.5 Å². The predicted molar refractivity (Wildman–Crippen MR) is 50.2 cm³/mol. The van der Waals surface area contributed by atoms with Crippen LogP contribution >= 0.6 is 0 Å². The van der Waals surface area contributed by atoms with E-state index in [2.05, 4.69) is 0 Å². The van der Waals surface area contributed by atoms with E-state index in [1.165, 1.54) is 0 Å². The van der Waals surface area contributed by atoms with Crippen molar-refractivity contribution in [2.75, 3.05) is 7.11 Å². The van der Waals surface area contributed by atoms with Gasteiger partial charge < -0.3 is 11.3 Å². The molecule has 0 fully saturated rings. The summed E-state index contributed by atoms with van der Waals surface area (Å²) < 4.78 is 4.96. The Balaban J connectivity index is 0. The smallest absolute Gasteiger partial charge is 1.00 e. The third kappa shape index (κ3) is 3.33. The minimum Gasteiger partial charge on any atom is -1.00 e. The van der Waals surface area contributed by atoms with E-state index >= 15 is 0 Å². The molecule has 0 amide bonds. The monoisotopic (exact) mass is 204 g/mol. The van der Waals surface area contributed by atoms with Crippen LogP contribution in [0.5, 0.6) is 5.75 Å². The summed E-state index contributed by atoms with van der Waals surface area (Å²) in [6.45, 7) is 1.66. The van der Waals surface area contributed by atoms with Crippen molar-refractivity contribution in [1.29, 1.82) is 0 Å². The van der Waals surface area contributed by atoms with Crippen LogP contribution in [0.25, 0.3) is 0 Å². The van der Waals surface area contributed by atoms with E-state index in [1.54, 1.807) is 38.3 Å². The Bertz CT molecular complexity index is 300. The molecule has 14 heavy (non-hydrogen) atoms. The zero-order chi connectivity index (χ0) is 9.84. The maximum atomic E-state index is 10.6. The first-order valence-corrected chi connectivity index (χ1v) is 4.02. The maximum Gasteiger partial charge on any atom is 1.00 e. The van der Waals surface area contributed by atoms with Crippen molar-refractivity contribution in [3.8, 4) is 5.75 Å². The molecule has 0 aliphatic heterocycles. The Kier molecular flexibility index (Phi) is 5.84. The van der Waals surface area contributed by atoms with Crippen molar-refractivity contribution in [3.05, 3.63) is 29.8 Å². The van der Waals surface area contributed by atoms with Gasteiger partial charge in [0.1, 0.15) is 5.75 Å². The molecule has 1 atom stereocenters. The Hall–Kier alpha value is -0.510. The molecule has 4 heteroatoms. The van der Waals surface area contributed by atoms with Crippen LogP contribution in [0.15, 0.2) is 24.3 Å². The Labute approximate surface area is 107 Å². The molecule has 0 saturated heterocycles. The fraction of sp³-hybridized carbons (Fsp3) is 0.300. The first-order valence-electron chi connectivity index (χ1n) is 4.02. The second-order valence-electron chi connectivity index (χ2n) is 2.83. The largest absolute Gasteiger partial charge is 1.00 e. The van der Waals surface area contributed by atoms with Crippen molar-refractivity contribution >= 4 is 5.97 Å². The number of hydrogen-bond acceptors (Lipinski definition) is 2. The molecule has 1 aromatic carbocycles. The SMILES string of the molecule is COc1ccc(C(C)C(=O)O)cc1.[H-].[Na+]. The van der Waals surface area contributed by atoms with E-state index in [1.807, 2.05) is 0 Å². The van der Waals surface area contributed by atoms with E-state index in [-0.39, 0.29) is 31.0 Å². The first-order chi connectivity index (χ1) is 6.15. The molecular formula is C10H13NaO3. The third-order valence-electron chi connectivity index (χ3n) is 1.99. The van der Waals surface area contributed by atoms with Crippen LogP contribution in [0.3, 0.4) is 0 Å². The number of rotatable bonds is 3. The van der Waals surface area contributed by atoms with Crippen molar-refractivity contribution in [2.24, 2.45) is 0 Å². The molecule has 0 saturated carbocycles. The molecule has 0 radical (unpaired) electrons. The second kappa shape index (κ2) is 6.06. The molecule has 1 N–H and O–H groups in total. The topological polar surface area (TPSA) is 46.5 Å². The standard InChI is InChI=1S/C10H12O3.Na.H/c1-7(10(11)12)8-3-5-9(13-2)6-4-8;;/h3-7H,1-2H3,(H,11,12);;/q;+1;-1. The van der Waals surface area contributed by atoms with E-state index in [4.69, 9.17) is 9.84 Å². The van der Waals surface area contributed by atoms with Crippen molar-refractivity contribution in [3.63, 3.8) is 0 Å². The Morgan fingerprint density at radius 1 is 1.43 bits per heavy atom. The van der Waals surface area contributed by atoms with Gasteiger partial charge in [0, 0.05) is 0 Å². The van der Waals surface area contributed by atoms with Gasteiger partial charge in [-0.05, 0) is 24.6 Å². The Morgan fingerprint density at radius 3 is 2.29 bits per heavy atom. The summed E-state index contributed by atoms with van der Waals surface area (Å²) >= 11 is 0. The maximum absolute atomic E-state index is 10.6. The fourth-order valence-corrected chi connectivity index (χ4v) is 1.04. The van der Waals surface area contributed by atoms with E-state index in [0.29, 0.717) is 0 Å². The summed E-state index contributed by atoms with van der Waals surface area (Å²) in [6, 6.07) is 7.04. The normalized spacial score (nSPS) is 11.3. The molecule has 1 rings (SSSR count). The van der Waals surface area contributed by atoms with E-state index < -0.39 is 11.9 Å². The van der Waals surface area contributed by atoms with Crippen LogP contribution < -0.4 is 34.3 Å². The number of carboxylic acids is 1.